The van der Waals surface area contributed by atoms with Crippen LogP contribution in [0.4, 0.5) is 13.2 Å². The Bertz CT molecular complexity index is 1590. The molecule has 0 unspecified atom stereocenters. The van der Waals surface area contributed by atoms with E-state index in [0.29, 0.717) is 33.1 Å². The number of aromatic nitrogens is 5. The zero-order valence-electron chi connectivity index (χ0n) is 19.8. The van der Waals surface area contributed by atoms with Crippen molar-refractivity contribution in [2.75, 3.05) is 0 Å². The molecule has 3 aromatic carbocycles. The van der Waals surface area contributed by atoms with Crippen molar-refractivity contribution in [1.29, 1.82) is 0 Å². The van der Waals surface area contributed by atoms with Crippen molar-refractivity contribution in [3.05, 3.63) is 70.7 Å². The third kappa shape index (κ3) is 5.34. The molecule has 5 aromatic rings. The van der Waals surface area contributed by atoms with Gasteiger partial charge in [-0.05, 0) is 73.7 Å². The Kier molecular flexibility index (Phi) is 6.80. The molecular formula is C25H18Cl2F3N5O3. The van der Waals surface area contributed by atoms with Crippen molar-refractivity contribution in [2.24, 2.45) is 0 Å². The van der Waals surface area contributed by atoms with E-state index in [4.69, 9.17) is 32.7 Å². The van der Waals surface area contributed by atoms with Crippen LogP contribution >= 0.6 is 23.2 Å². The summed E-state index contributed by atoms with van der Waals surface area (Å²) in [6, 6.07) is 16.2. The summed E-state index contributed by atoms with van der Waals surface area (Å²) in [4.78, 5) is 0. The lowest BCUT2D eigenvalue weighted by Gasteiger charge is -2.13. The first-order valence-corrected chi connectivity index (χ1v) is 11.9. The quantitative estimate of drug-likeness (QED) is 0.219. The average Bonchev–Trinajstić information content (AvgIpc) is 3.47. The molecule has 13 heteroatoms. The van der Waals surface area contributed by atoms with Crippen LogP contribution < -0.4 is 14.2 Å². The fraction of sp³-hybridized carbons (Fsp3) is 0.160. The van der Waals surface area contributed by atoms with Gasteiger partial charge >= 0.3 is 6.36 Å². The van der Waals surface area contributed by atoms with Gasteiger partial charge in [-0.2, -0.15) is 5.21 Å². The highest BCUT2D eigenvalue weighted by Crippen LogP contribution is 2.41. The van der Waals surface area contributed by atoms with Crippen LogP contribution in [0.25, 0.3) is 28.1 Å². The molecule has 38 heavy (non-hydrogen) atoms. The standard InChI is InChI=1S/C25H18Cl2F3N5O3/c1-13(2)36-15-5-3-14(4-6-15)35-20-10-8-16(11-18(20)22(27)23(35)24-31-33-34-32-24)37-17-7-9-19(26)21(12-17)38-25(28,29)30/h3-13H,1-2H3,(H,31,32,33,34). The van der Waals surface area contributed by atoms with Gasteiger partial charge in [0.25, 0.3) is 0 Å². The largest absolute Gasteiger partial charge is 0.573 e. The van der Waals surface area contributed by atoms with E-state index in [9.17, 15) is 13.2 Å². The maximum atomic E-state index is 12.7. The average molecular weight is 564 g/mol. The zero-order chi connectivity index (χ0) is 27.0. The number of hydrogen-bond acceptors (Lipinski definition) is 6. The van der Waals surface area contributed by atoms with Gasteiger partial charge in [0, 0.05) is 17.1 Å². The van der Waals surface area contributed by atoms with Gasteiger partial charge in [-0.1, -0.05) is 23.2 Å². The number of aromatic amines is 1. The summed E-state index contributed by atoms with van der Waals surface area (Å²) >= 11 is 12.6. The predicted molar refractivity (Wildman–Crippen MR) is 135 cm³/mol. The Morgan fingerprint density at radius 2 is 1.61 bits per heavy atom. The molecule has 5 rings (SSSR count). The van der Waals surface area contributed by atoms with Crippen molar-refractivity contribution in [3.63, 3.8) is 0 Å². The normalized spacial score (nSPS) is 11.8. The van der Waals surface area contributed by atoms with Crippen molar-refractivity contribution in [3.8, 4) is 40.2 Å². The topological polar surface area (TPSA) is 87.1 Å². The highest BCUT2D eigenvalue weighted by molar-refractivity contribution is 6.38. The van der Waals surface area contributed by atoms with Crippen LogP contribution in [0, 0.1) is 0 Å². The lowest BCUT2D eigenvalue weighted by molar-refractivity contribution is -0.274. The fourth-order valence-electron chi connectivity index (χ4n) is 3.86. The van der Waals surface area contributed by atoms with Gasteiger partial charge < -0.3 is 18.8 Å². The van der Waals surface area contributed by atoms with Crippen molar-refractivity contribution in [2.45, 2.75) is 26.3 Å². The van der Waals surface area contributed by atoms with Gasteiger partial charge in [0.05, 0.1) is 21.7 Å². The minimum absolute atomic E-state index is 0.0211. The maximum Gasteiger partial charge on any atom is 0.573 e. The molecule has 0 bridgehead atoms. The van der Waals surface area contributed by atoms with E-state index < -0.39 is 12.1 Å². The van der Waals surface area contributed by atoms with E-state index in [1.807, 2.05) is 42.7 Å². The number of nitrogens with zero attached hydrogens (tertiary/aromatic N) is 4. The third-order valence-electron chi connectivity index (χ3n) is 5.26. The summed E-state index contributed by atoms with van der Waals surface area (Å²) < 4.78 is 55.5. The number of ether oxygens (including phenoxy) is 3. The highest BCUT2D eigenvalue weighted by atomic mass is 35.5. The minimum Gasteiger partial charge on any atom is -0.491 e. The Hall–Kier alpha value is -3.96. The number of rotatable bonds is 7. The Balaban J connectivity index is 1.56. The summed E-state index contributed by atoms with van der Waals surface area (Å²) in [5.74, 6) is 0.800. The summed E-state index contributed by atoms with van der Waals surface area (Å²) in [7, 11) is 0. The Morgan fingerprint density at radius 3 is 2.26 bits per heavy atom. The van der Waals surface area contributed by atoms with E-state index in [-0.39, 0.29) is 22.7 Å². The number of nitrogens with one attached hydrogen (secondary N) is 1. The smallest absolute Gasteiger partial charge is 0.491 e. The molecule has 0 aliphatic heterocycles. The van der Waals surface area contributed by atoms with Crippen LogP contribution in [0.3, 0.4) is 0 Å². The second-order valence-corrected chi connectivity index (χ2v) is 9.10. The molecule has 0 aliphatic rings. The van der Waals surface area contributed by atoms with E-state index in [2.05, 4.69) is 25.4 Å². The van der Waals surface area contributed by atoms with Crippen molar-refractivity contribution >= 4 is 34.1 Å². The molecule has 0 atom stereocenters. The number of H-pyrrole nitrogens is 1. The molecule has 0 aliphatic carbocycles. The first-order chi connectivity index (χ1) is 18.1. The summed E-state index contributed by atoms with van der Waals surface area (Å²) in [6.07, 6.45) is -4.88. The molecular weight excluding hydrogens is 546 g/mol. The molecule has 0 amide bonds. The van der Waals surface area contributed by atoms with E-state index >= 15 is 0 Å². The van der Waals surface area contributed by atoms with Gasteiger partial charge in [-0.25, -0.2) is 0 Å². The highest BCUT2D eigenvalue weighted by Gasteiger charge is 2.32. The van der Waals surface area contributed by atoms with Gasteiger partial charge in [0.2, 0.25) is 5.82 Å². The molecule has 2 aromatic heterocycles. The molecule has 196 valence electrons. The summed E-state index contributed by atoms with van der Waals surface area (Å²) in [6.45, 7) is 3.88. The van der Waals surface area contributed by atoms with Gasteiger partial charge in [-0.3, -0.25) is 0 Å². The summed E-state index contributed by atoms with van der Waals surface area (Å²) in [5, 5.41) is 15.0. The van der Waals surface area contributed by atoms with Crippen LogP contribution in [0.15, 0.2) is 60.7 Å². The minimum atomic E-state index is -4.90. The number of halogens is 5. The lowest BCUT2D eigenvalue weighted by Crippen LogP contribution is -2.17. The number of hydrogen-bond donors (Lipinski definition) is 1. The molecule has 0 spiro atoms. The van der Waals surface area contributed by atoms with Gasteiger partial charge in [0.1, 0.15) is 22.9 Å². The molecule has 0 saturated heterocycles. The van der Waals surface area contributed by atoms with Gasteiger partial charge in [0.15, 0.2) is 5.75 Å². The van der Waals surface area contributed by atoms with E-state index in [1.54, 1.807) is 18.2 Å². The molecule has 1 N–H and O–H groups in total. The van der Waals surface area contributed by atoms with Crippen molar-refractivity contribution < 1.29 is 27.4 Å². The van der Waals surface area contributed by atoms with Gasteiger partial charge in [-0.15, -0.1) is 23.4 Å². The third-order valence-corrected chi connectivity index (χ3v) is 5.96. The van der Waals surface area contributed by atoms with Crippen LogP contribution in [0.1, 0.15) is 13.8 Å². The second kappa shape index (κ2) is 10.1. The number of alkyl halides is 3. The van der Waals surface area contributed by atoms with Crippen LogP contribution in [0.2, 0.25) is 10.0 Å². The first kappa shape index (κ1) is 25.7. The number of benzene rings is 3. The predicted octanol–water partition coefficient (Wildman–Crippen LogP) is 7.60. The number of fused-ring (bicyclic) bond motifs is 1. The fourth-order valence-corrected chi connectivity index (χ4v) is 4.33. The van der Waals surface area contributed by atoms with Crippen LogP contribution in [0.5, 0.6) is 23.0 Å². The SMILES string of the molecule is CC(C)Oc1ccc(-n2c(-c3nn[nH]n3)c(Cl)c3cc(Oc4ccc(Cl)c(OC(F)(F)F)c4)ccc32)cc1. The Labute approximate surface area is 223 Å². The van der Waals surface area contributed by atoms with E-state index in [0.717, 1.165) is 11.8 Å². The van der Waals surface area contributed by atoms with E-state index in [1.165, 1.54) is 12.1 Å². The lowest BCUT2D eigenvalue weighted by atomic mass is 10.2. The van der Waals surface area contributed by atoms with Crippen molar-refractivity contribution in [1.82, 2.24) is 25.2 Å². The number of tetrazole rings is 1. The zero-order valence-corrected chi connectivity index (χ0v) is 21.3. The molecule has 0 radical (unpaired) electrons. The monoisotopic (exact) mass is 563 g/mol. The van der Waals surface area contributed by atoms with Crippen LogP contribution in [-0.2, 0) is 0 Å². The summed E-state index contributed by atoms with van der Waals surface area (Å²) in [5.41, 5.74) is 1.95. The van der Waals surface area contributed by atoms with Crippen LogP contribution in [-0.4, -0.2) is 37.7 Å². The first-order valence-electron chi connectivity index (χ1n) is 11.2. The molecule has 8 nitrogen and oxygen atoms in total. The Morgan fingerprint density at radius 1 is 0.921 bits per heavy atom. The molecule has 0 fully saturated rings. The maximum absolute atomic E-state index is 12.7. The second-order valence-electron chi connectivity index (χ2n) is 8.31. The molecule has 0 saturated carbocycles. The molecule has 2 heterocycles.